The summed E-state index contributed by atoms with van der Waals surface area (Å²) in [6.07, 6.45) is 0. The standard InChI is InChI=1S/C8H7Cl3O/c9-8(10,11)7-3-1-2-6(4-7)5-12/h1-4,12H,5H2. The van der Waals surface area contributed by atoms with E-state index in [4.69, 9.17) is 39.9 Å². The van der Waals surface area contributed by atoms with Gasteiger partial charge in [0.1, 0.15) is 0 Å². The van der Waals surface area contributed by atoms with Crippen molar-refractivity contribution in [2.75, 3.05) is 0 Å². The summed E-state index contributed by atoms with van der Waals surface area (Å²) in [6.45, 7) is -0.0470. The predicted molar refractivity (Wildman–Crippen MR) is 51.6 cm³/mol. The maximum Gasteiger partial charge on any atom is 0.216 e. The summed E-state index contributed by atoms with van der Waals surface area (Å²) in [5.41, 5.74) is 1.30. The van der Waals surface area contributed by atoms with Gasteiger partial charge in [-0.05, 0) is 11.6 Å². The maximum absolute atomic E-state index is 8.80. The molecule has 0 atom stereocenters. The van der Waals surface area contributed by atoms with E-state index in [-0.39, 0.29) is 6.61 Å². The second-order valence-electron chi connectivity index (χ2n) is 2.36. The molecular formula is C8H7Cl3O. The zero-order valence-electron chi connectivity index (χ0n) is 6.10. The fourth-order valence-electron chi connectivity index (χ4n) is 0.846. The molecule has 0 aliphatic carbocycles. The Morgan fingerprint density at radius 1 is 1.25 bits per heavy atom. The van der Waals surface area contributed by atoms with Gasteiger partial charge in [0.05, 0.1) is 6.61 Å². The van der Waals surface area contributed by atoms with E-state index in [2.05, 4.69) is 0 Å². The van der Waals surface area contributed by atoms with E-state index in [1.165, 1.54) is 0 Å². The number of rotatable bonds is 1. The molecule has 4 heteroatoms. The van der Waals surface area contributed by atoms with E-state index in [1.807, 2.05) is 0 Å². The van der Waals surface area contributed by atoms with Gasteiger partial charge in [-0.25, -0.2) is 0 Å². The Balaban J connectivity index is 3.02. The number of hydrogen-bond donors (Lipinski definition) is 1. The molecule has 0 bridgehead atoms. The van der Waals surface area contributed by atoms with Crippen LogP contribution in [0.2, 0.25) is 0 Å². The first-order valence-corrected chi connectivity index (χ1v) is 4.44. The Hall–Kier alpha value is 0.0500. The quantitative estimate of drug-likeness (QED) is 0.729. The number of halogens is 3. The first-order chi connectivity index (χ1) is 5.54. The lowest BCUT2D eigenvalue weighted by atomic mass is 10.1. The van der Waals surface area contributed by atoms with Gasteiger partial charge in [-0.2, -0.15) is 0 Å². The van der Waals surface area contributed by atoms with E-state index >= 15 is 0 Å². The Morgan fingerprint density at radius 3 is 2.42 bits per heavy atom. The molecule has 66 valence electrons. The van der Waals surface area contributed by atoms with Crippen LogP contribution in [0.1, 0.15) is 11.1 Å². The third-order valence-corrected chi connectivity index (χ3v) is 2.09. The van der Waals surface area contributed by atoms with Gasteiger partial charge in [0.15, 0.2) is 0 Å². The van der Waals surface area contributed by atoms with Crippen LogP contribution in [0.4, 0.5) is 0 Å². The highest BCUT2D eigenvalue weighted by atomic mass is 35.6. The van der Waals surface area contributed by atoms with E-state index in [9.17, 15) is 0 Å². The van der Waals surface area contributed by atoms with Gasteiger partial charge in [-0.1, -0.05) is 53.0 Å². The summed E-state index contributed by atoms with van der Waals surface area (Å²) in [7, 11) is 0. The third kappa shape index (κ3) is 2.53. The summed E-state index contributed by atoms with van der Waals surface area (Å²) in [6, 6.07) is 6.86. The highest BCUT2D eigenvalue weighted by Crippen LogP contribution is 2.38. The Bertz CT molecular complexity index is 267. The van der Waals surface area contributed by atoms with Crippen molar-refractivity contribution in [1.82, 2.24) is 0 Å². The van der Waals surface area contributed by atoms with Crippen molar-refractivity contribution in [2.24, 2.45) is 0 Å². The number of aliphatic hydroxyl groups is 1. The average molecular weight is 226 g/mol. The molecule has 0 aliphatic rings. The number of hydrogen-bond acceptors (Lipinski definition) is 1. The second-order valence-corrected chi connectivity index (χ2v) is 4.64. The lowest BCUT2D eigenvalue weighted by Gasteiger charge is -2.11. The Kier molecular flexibility index (Phi) is 3.24. The van der Waals surface area contributed by atoms with Crippen molar-refractivity contribution < 1.29 is 5.11 Å². The van der Waals surface area contributed by atoms with Crippen molar-refractivity contribution in [3.63, 3.8) is 0 Å². The number of benzene rings is 1. The van der Waals surface area contributed by atoms with E-state index < -0.39 is 3.79 Å². The lowest BCUT2D eigenvalue weighted by Crippen LogP contribution is -2.00. The monoisotopic (exact) mass is 224 g/mol. The molecule has 0 spiro atoms. The first kappa shape index (κ1) is 10.1. The molecule has 0 aromatic heterocycles. The first-order valence-electron chi connectivity index (χ1n) is 3.31. The topological polar surface area (TPSA) is 20.2 Å². The maximum atomic E-state index is 8.80. The largest absolute Gasteiger partial charge is 0.392 e. The average Bonchev–Trinajstić information content (AvgIpc) is 2.03. The van der Waals surface area contributed by atoms with Crippen LogP contribution in [0.5, 0.6) is 0 Å². The zero-order valence-corrected chi connectivity index (χ0v) is 8.37. The molecule has 1 aromatic carbocycles. The molecule has 0 saturated heterocycles. The van der Waals surface area contributed by atoms with Crippen molar-refractivity contribution in [3.8, 4) is 0 Å². The highest BCUT2D eigenvalue weighted by Gasteiger charge is 2.22. The summed E-state index contributed by atoms with van der Waals surface area (Å²) in [4.78, 5) is 0. The van der Waals surface area contributed by atoms with Gasteiger partial charge >= 0.3 is 0 Å². The van der Waals surface area contributed by atoms with Crippen LogP contribution in [-0.4, -0.2) is 5.11 Å². The molecule has 0 amide bonds. The van der Waals surface area contributed by atoms with Gasteiger partial charge in [-0.3, -0.25) is 0 Å². The normalized spacial score (nSPS) is 11.7. The summed E-state index contributed by atoms with van der Waals surface area (Å²) >= 11 is 16.9. The summed E-state index contributed by atoms with van der Waals surface area (Å²) in [5.74, 6) is 0. The van der Waals surface area contributed by atoms with Crippen molar-refractivity contribution in [1.29, 1.82) is 0 Å². The fourth-order valence-corrected chi connectivity index (χ4v) is 1.20. The number of aliphatic hydroxyl groups excluding tert-OH is 1. The second kappa shape index (κ2) is 3.84. The fraction of sp³-hybridized carbons (Fsp3) is 0.250. The van der Waals surface area contributed by atoms with Gasteiger partial charge in [0, 0.05) is 5.56 Å². The van der Waals surface area contributed by atoms with Crippen LogP contribution in [0.3, 0.4) is 0 Å². The Morgan fingerprint density at radius 2 is 1.92 bits per heavy atom. The van der Waals surface area contributed by atoms with E-state index in [1.54, 1.807) is 24.3 Å². The van der Waals surface area contributed by atoms with Gasteiger partial charge in [0.2, 0.25) is 3.79 Å². The van der Waals surface area contributed by atoms with Crippen LogP contribution >= 0.6 is 34.8 Å². The molecule has 0 radical (unpaired) electrons. The zero-order chi connectivity index (χ0) is 9.19. The molecule has 0 saturated carbocycles. The van der Waals surface area contributed by atoms with E-state index in [0.717, 1.165) is 5.56 Å². The van der Waals surface area contributed by atoms with Gasteiger partial charge < -0.3 is 5.11 Å². The molecule has 1 N–H and O–H groups in total. The van der Waals surface area contributed by atoms with Crippen molar-refractivity contribution in [2.45, 2.75) is 10.4 Å². The van der Waals surface area contributed by atoms with Crippen LogP contribution in [0.25, 0.3) is 0 Å². The molecule has 12 heavy (non-hydrogen) atoms. The molecule has 0 heterocycles. The van der Waals surface area contributed by atoms with Crippen LogP contribution < -0.4 is 0 Å². The van der Waals surface area contributed by atoms with Gasteiger partial charge in [-0.15, -0.1) is 0 Å². The minimum absolute atomic E-state index is 0.0470. The molecule has 1 aromatic rings. The lowest BCUT2D eigenvalue weighted by molar-refractivity contribution is 0.281. The van der Waals surface area contributed by atoms with Crippen molar-refractivity contribution in [3.05, 3.63) is 35.4 Å². The molecule has 0 fully saturated rings. The summed E-state index contributed by atoms with van der Waals surface area (Å²) < 4.78 is -1.41. The van der Waals surface area contributed by atoms with E-state index in [0.29, 0.717) is 5.56 Å². The SMILES string of the molecule is OCc1cccc(C(Cl)(Cl)Cl)c1. The highest BCUT2D eigenvalue weighted by molar-refractivity contribution is 6.66. The smallest absolute Gasteiger partial charge is 0.216 e. The minimum Gasteiger partial charge on any atom is -0.392 e. The van der Waals surface area contributed by atoms with Crippen LogP contribution in [-0.2, 0) is 10.4 Å². The summed E-state index contributed by atoms with van der Waals surface area (Å²) in [5, 5.41) is 8.80. The molecule has 0 aliphatic heterocycles. The van der Waals surface area contributed by atoms with Crippen molar-refractivity contribution >= 4 is 34.8 Å². The molecule has 1 nitrogen and oxygen atoms in total. The predicted octanol–water partition coefficient (Wildman–Crippen LogP) is 3.01. The Labute approximate surface area is 85.9 Å². The van der Waals surface area contributed by atoms with Gasteiger partial charge in [0.25, 0.3) is 0 Å². The minimum atomic E-state index is -1.41. The molecular weight excluding hydrogens is 218 g/mol. The van der Waals surface area contributed by atoms with Crippen LogP contribution in [0.15, 0.2) is 24.3 Å². The van der Waals surface area contributed by atoms with Crippen LogP contribution in [0, 0.1) is 0 Å². The molecule has 0 unspecified atom stereocenters. The third-order valence-electron chi connectivity index (χ3n) is 1.44. The molecule has 1 rings (SSSR count). The number of alkyl halides is 3.